The van der Waals surface area contributed by atoms with Gasteiger partial charge in [0.25, 0.3) is 5.89 Å². The molecular formula is C16H23N5O. The molecule has 0 spiro atoms. The summed E-state index contributed by atoms with van der Waals surface area (Å²) >= 11 is 0. The first-order chi connectivity index (χ1) is 10.5. The lowest BCUT2D eigenvalue weighted by molar-refractivity contribution is 0.402. The minimum absolute atomic E-state index is 0.117. The molecule has 0 amide bonds. The second-order valence-electron chi connectivity index (χ2n) is 6.67. The zero-order valence-corrected chi connectivity index (χ0v) is 13.5. The van der Waals surface area contributed by atoms with E-state index < -0.39 is 0 Å². The lowest BCUT2D eigenvalue weighted by Gasteiger charge is -2.20. The topological polar surface area (TPSA) is 67.1 Å². The highest BCUT2D eigenvalue weighted by Gasteiger charge is 2.21. The molecule has 0 unspecified atom stereocenters. The Morgan fingerprint density at radius 2 is 2.05 bits per heavy atom. The standard InChI is InChI=1S/C16H23N5O/c1-16(2,3)15-19-14(22-20-15)12-5-6-13(18-11-12)21-9-4-7-17-8-10-21/h5-6,11,17H,4,7-10H2,1-3H3. The van der Waals surface area contributed by atoms with E-state index in [0.717, 1.165) is 44.0 Å². The monoisotopic (exact) mass is 301 g/mol. The summed E-state index contributed by atoms with van der Waals surface area (Å²) < 4.78 is 5.36. The molecule has 1 N–H and O–H groups in total. The Hall–Kier alpha value is -1.95. The van der Waals surface area contributed by atoms with Crippen LogP contribution >= 0.6 is 0 Å². The van der Waals surface area contributed by atoms with E-state index in [1.807, 2.05) is 18.3 Å². The number of rotatable bonds is 2. The fraction of sp³-hybridized carbons (Fsp3) is 0.562. The molecule has 1 aliphatic rings. The Morgan fingerprint density at radius 3 is 2.73 bits per heavy atom. The summed E-state index contributed by atoms with van der Waals surface area (Å²) in [4.78, 5) is 11.3. The molecule has 1 fully saturated rings. The van der Waals surface area contributed by atoms with Gasteiger partial charge in [0.05, 0.1) is 5.56 Å². The maximum atomic E-state index is 5.36. The van der Waals surface area contributed by atoms with Crippen LogP contribution < -0.4 is 10.2 Å². The smallest absolute Gasteiger partial charge is 0.259 e. The fourth-order valence-electron chi connectivity index (χ4n) is 2.42. The number of hydrogen-bond acceptors (Lipinski definition) is 6. The normalized spacial score (nSPS) is 16.6. The lowest BCUT2D eigenvalue weighted by atomic mass is 9.96. The molecule has 0 atom stereocenters. The van der Waals surface area contributed by atoms with Crippen LogP contribution in [0.3, 0.4) is 0 Å². The summed E-state index contributed by atoms with van der Waals surface area (Å²) in [6.07, 6.45) is 2.95. The highest BCUT2D eigenvalue weighted by molar-refractivity contribution is 5.54. The summed E-state index contributed by atoms with van der Waals surface area (Å²) in [5, 5.41) is 7.45. The van der Waals surface area contributed by atoms with Crippen LogP contribution in [0.5, 0.6) is 0 Å². The van der Waals surface area contributed by atoms with Crippen molar-refractivity contribution in [1.82, 2.24) is 20.4 Å². The van der Waals surface area contributed by atoms with Crippen molar-refractivity contribution in [3.05, 3.63) is 24.2 Å². The largest absolute Gasteiger partial charge is 0.355 e. The zero-order chi connectivity index (χ0) is 15.6. The summed E-state index contributed by atoms with van der Waals surface area (Å²) in [7, 11) is 0. The van der Waals surface area contributed by atoms with Crippen molar-refractivity contribution in [2.24, 2.45) is 0 Å². The number of nitrogens with one attached hydrogen (secondary N) is 1. The molecule has 0 bridgehead atoms. The summed E-state index contributed by atoms with van der Waals surface area (Å²) in [6.45, 7) is 10.3. The van der Waals surface area contributed by atoms with E-state index in [0.29, 0.717) is 11.7 Å². The van der Waals surface area contributed by atoms with Crippen LogP contribution in [0.15, 0.2) is 22.9 Å². The number of anilines is 1. The molecule has 0 aliphatic carbocycles. The highest BCUT2D eigenvalue weighted by atomic mass is 16.5. The third-order valence-corrected chi connectivity index (χ3v) is 3.76. The molecule has 22 heavy (non-hydrogen) atoms. The van der Waals surface area contributed by atoms with Crippen molar-refractivity contribution < 1.29 is 4.52 Å². The van der Waals surface area contributed by atoms with Crippen LogP contribution in [-0.4, -0.2) is 41.3 Å². The molecule has 0 saturated carbocycles. The molecule has 0 aromatic carbocycles. The van der Waals surface area contributed by atoms with Crippen LogP contribution in [0.25, 0.3) is 11.5 Å². The Balaban J connectivity index is 1.77. The van der Waals surface area contributed by atoms with E-state index in [4.69, 9.17) is 4.52 Å². The molecule has 1 aliphatic heterocycles. The molecule has 118 valence electrons. The van der Waals surface area contributed by atoms with E-state index in [9.17, 15) is 0 Å². The molecule has 0 radical (unpaired) electrons. The van der Waals surface area contributed by atoms with Crippen molar-refractivity contribution >= 4 is 5.82 Å². The van der Waals surface area contributed by atoms with Gasteiger partial charge in [-0.25, -0.2) is 4.98 Å². The third kappa shape index (κ3) is 3.27. The average molecular weight is 301 g/mol. The van der Waals surface area contributed by atoms with E-state index in [1.54, 1.807) is 0 Å². The molecule has 6 nitrogen and oxygen atoms in total. The SMILES string of the molecule is CC(C)(C)c1noc(-c2ccc(N3CCCNCC3)nc2)n1. The zero-order valence-electron chi connectivity index (χ0n) is 13.5. The van der Waals surface area contributed by atoms with Crippen molar-refractivity contribution in [1.29, 1.82) is 0 Å². The first kappa shape index (κ1) is 15.0. The minimum atomic E-state index is -0.117. The minimum Gasteiger partial charge on any atom is -0.355 e. The summed E-state index contributed by atoms with van der Waals surface area (Å²) in [5.41, 5.74) is 0.744. The van der Waals surface area contributed by atoms with Gasteiger partial charge in [0, 0.05) is 31.2 Å². The van der Waals surface area contributed by atoms with Gasteiger partial charge in [0.1, 0.15) is 5.82 Å². The average Bonchev–Trinajstić information content (AvgIpc) is 2.84. The van der Waals surface area contributed by atoms with Gasteiger partial charge in [-0.1, -0.05) is 25.9 Å². The molecular weight excluding hydrogens is 278 g/mol. The molecule has 3 heterocycles. The van der Waals surface area contributed by atoms with Gasteiger partial charge in [0.15, 0.2) is 5.82 Å². The van der Waals surface area contributed by atoms with Gasteiger partial charge in [-0.3, -0.25) is 0 Å². The quantitative estimate of drug-likeness (QED) is 0.917. The lowest BCUT2D eigenvalue weighted by Crippen LogP contribution is -2.28. The van der Waals surface area contributed by atoms with E-state index in [1.165, 1.54) is 0 Å². The Morgan fingerprint density at radius 1 is 1.18 bits per heavy atom. The summed E-state index contributed by atoms with van der Waals surface area (Å²) in [6, 6.07) is 4.03. The number of nitrogens with zero attached hydrogens (tertiary/aromatic N) is 4. The van der Waals surface area contributed by atoms with Gasteiger partial charge < -0.3 is 14.7 Å². The molecule has 1 saturated heterocycles. The van der Waals surface area contributed by atoms with Gasteiger partial charge in [0.2, 0.25) is 0 Å². The van der Waals surface area contributed by atoms with Crippen molar-refractivity contribution in [2.75, 3.05) is 31.1 Å². The third-order valence-electron chi connectivity index (χ3n) is 3.76. The Kier molecular flexibility index (Phi) is 4.11. The van der Waals surface area contributed by atoms with Gasteiger partial charge in [-0.15, -0.1) is 0 Å². The second kappa shape index (κ2) is 6.04. The van der Waals surface area contributed by atoms with Crippen LogP contribution in [-0.2, 0) is 5.41 Å². The Labute approximate surface area is 130 Å². The molecule has 2 aromatic heterocycles. The highest BCUT2D eigenvalue weighted by Crippen LogP contribution is 2.24. The number of aromatic nitrogens is 3. The first-order valence-electron chi connectivity index (χ1n) is 7.80. The maximum Gasteiger partial charge on any atom is 0.259 e. The van der Waals surface area contributed by atoms with Crippen LogP contribution in [0.2, 0.25) is 0 Å². The van der Waals surface area contributed by atoms with Gasteiger partial charge in [-0.2, -0.15) is 4.98 Å². The van der Waals surface area contributed by atoms with Crippen molar-refractivity contribution in [2.45, 2.75) is 32.6 Å². The predicted molar refractivity (Wildman–Crippen MR) is 85.9 cm³/mol. The molecule has 3 rings (SSSR count). The van der Waals surface area contributed by atoms with Crippen LogP contribution in [0.4, 0.5) is 5.82 Å². The van der Waals surface area contributed by atoms with E-state index in [-0.39, 0.29) is 5.41 Å². The Bertz CT molecular complexity index is 606. The van der Waals surface area contributed by atoms with Crippen LogP contribution in [0, 0.1) is 0 Å². The van der Waals surface area contributed by atoms with Crippen LogP contribution in [0.1, 0.15) is 33.0 Å². The van der Waals surface area contributed by atoms with Crippen molar-refractivity contribution in [3.63, 3.8) is 0 Å². The van der Waals surface area contributed by atoms with Gasteiger partial charge >= 0.3 is 0 Å². The maximum absolute atomic E-state index is 5.36. The number of pyridine rings is 1. The summed E-state index contributed by atoms with van der Waals surface area (Å²) in [5.74, 6) is 2.25. The molecule has 2 aromatic rings. The van der Waals surface area contributed by atoms with Crippen molar-refractivity contribution in [3.8, 4) is 11.5 Å². The van der Waals surface area contributed by atoms with E-state index >= 15 is 0 Å². The van der Waals surface area contributed by atoms with Gasteiger partial charge in [-0.05, 0) is 25.1 Å². The predicted octanol–water partition coefficient (Wildman–Crippen LogP) is 2.23. The fourth-order valence-corrected chi connectivity index (χ4v) is 2.42. The second-order valence-corrected chi connectivity index (χ2v) is 6.67. The number of hydrogen-bond donors (Lipinski definition) is 1. The molecule has 6 heteroatoms. The van der Waals surface area contributed by atoms with E-state index in [2.05, 4.69) is 46.1 Å². The first-order valence-corrected chi connectivity index (χ1v) is 7.80.